The number of nitrogens with zero attached hydrogens (tertiary/aromatic N) is 1. The molecule has 0 aliphatic heterocycles. The lowest BCUT2D eigenvalue weighted by Crippen LogP contribution is -2.13. The van der Waals surface area contributed by atoms with E-state index in [0.717, 1.165) is 0 Å². The summed E-state index contributed by atoms with van der Waals surface area (Å²) in [7, 11) is 0. The maximum Gasteiger partial charge on any atom is 0.332 e. The van der Waals surface area contributed by atoms with Gasteiger partial charge in [0.2, 0.25) is 0 Å². The SMILES string of the molecule is C#N.CC(O)C(=O)O. The van der Waals surface area contributed by atoms with E-state index >= 15 is 0 Å². The zero-order valence-electron chi connectivity index (χ0n) is 4.40. The summed E-state index contributed by atoms with van der Waals surface area (Å²) in [6.45, 7) is 4.70. The van der Waals surface area contributed by atoms with Gasteiger partial charge in [-0.3, -0.25) is 0 Å². The summed E-state index contributed by atoms with van der Waals surface area (Å²) in [6.07, 6.45) is -1.23. The molecule has 0 amide bonds. The van der Waals surface area contributed by atoms with Gasteiger partial charge in [-0.25, -0.2) is 10.1 Å². The van der Waals surface area contributed by atoms with E-state index in [2.05, 4.69) is 6.57 Å². The Bertz CT molecular complexity index is 86.5. The van der Waals surface area contributed by atoms with E-state index in [1.807, 2.05) is 0 Å². The van der Waals surface area contributed by atoms with Crippen molar-refractivity contribution in [1.82, 2.24) is 0 Å². The first-order valence-corrected chi connectivity index (χ1v) is 1.81. The topological polar surface area (TPSA) is 81.3 Å². The molecule has 0 aromatic rings. The summed E-state index contributed by atoms with van der Waals surface area (Å²) in [5, 5.41) is 22.3. The molecule has 2 N–H and O–H groups in total. The van der Waals surface area contributed by atoms with Crippen molar-refractivity contribution >= 4 is 5.97 Å². The Morgan fingerprint density at radius 3 is 1.88 bits per heavy atom. The molecule has 0 saturated heterocycles. The van der Waals surface area contributed by atoms with Crippen LogP contribution in [-0.4, -0.2) is 22.3 Å². The van der Waals surface area contributed by atoms with E-state index in [-0.39, 0.29) is 0 Å². The van der Waals surface area contributed by atoms with Crippen LogP contribution in [0.25, 0.3) is 0 Å². The van der Waals surface area contributed by atoms with E-state index in [4.69, 9.17) is 15.5 Å². The molecule has 0 aromatic carbocycles. The van der Waals surface area contributed by atoms with Gasteiger partial charge in [0.1, 0.15) is 6.10 Å². The monoisotopic (exact) mass is 117 g/mol. The molecule has 0 bridgehead atoms. The van der Waals surface area contributed by atoms with Crippen LogP contribution in [0, 0.1) is 11.8 Å². The molecule has 0 fully saturated rings. The van der Waals surface area contributed by atoms with Gasteiger partial charge < -0.3 is 10.2 Å². The highest BCUT2D eigenvalue weighted by molar-refractivity contribution is 5.71. The molecule has 0 aromatic heterocycles. The van der Waals surface area contributed by atoms with Crippen LogP contribution in [0.5, 0.6) is 0 Å². The highest BCUT2D eigenvalue weighted by Gasteiger charge is 2.01. The Kier molecular flexibility index (Phi) is 7.41. The zero-order chi connectivity index (χ0) is 7.15. The second-order valence-corrected chi connectivity index (χ2v) is 1.01. The highest BCUT2D eigenvalue weighted by atomic mass is 16.4. The maximum absolute atomic E-state index is 9.45. The standard InChI is InChI=1S/C3H6O3.CHN/c1-2(4)3(5)6;1-2/h2,4H,1H3,(H,5,6);1H. The minimum atomic E-state index is -1.23. The average Bonchev–Trinajstić information content (AvgIpc) is 1.72. The van der Waals surface area contributed by atoms with Gasteiger partial charge in [-0.1, -0.05) is 0 Å². The van der Waals surface area contributed by atoms with Gasteiger partial charge in [-0.05, 0) is 6.92 Å². The quantitative estimate of drug-likeness (QED) is 0.489. The second kappa shape index (κ2) is 5.92. The van der Waals surface area contributed by atoms with E-state index in [0.29, 0.717) is 0 Å². The van der Waals surface area contributed by atoms with Gasteiger partial charge in [-0.2, -0.15) is 0 Å². The number of nitriles is 1. The van der Waals surface area contributed by atoms with Gasteiger partial charge in [0.25, 0.3) is 0 Å². The van der Waals surface area contributed by atoms with E-state index < -0.39 is 12.1 Å². The van der Waals surface area contributed by atoms with Crippen molar-refractivity contribution in [2.75, 3.05) is 0 Å². The molecule has 0 spiro atoms. The van der Waals surface area contributed by atoms with Crippen LogP contribution >= 0.6 is 0 Å². The average molecular weight is 117 g/mol. The lowest BCUT2D eigenvalue weighted by molar-refractivity contribution is -0.145. The number of hydrogen-bond donors (Lipinski definition) is 2. The molecule has 8 heavy (non-hydrogen) atoms. The third-order valence-electron chi connectivity index (χ3n) is 0.357. The fraction of sp³-hybridized carbons (Fsp3) is 0.500. The van der Waals surface area contributed by atoms with Crippen molar-refractivity contribution in [2.24, 2.45) is 0 Å². The zero-order valence-corrected chi connectivity index (χ0v) is 4.40. The van der Waals surface area contributed by atoms with Crippen LogP contribution in [0.4, 0.5) is 0 Å². The first kappa shape index (κ1) is 10.0. The number of aliphatic hydroxyl groups excluding tert-OH is 1. The summed E-state index contributed by atoms with van der Waals surface area (Å²) in [4.78, 5) is 9.45. The molecule has 4 nitrogen and oxygen atoms in total. The van der Waals surface area contributed by atoms with Crippen LogP contribution in [0.2, 0.25) is 0 Å². The van der Waals surface area contributed by atoms with Crippen LogP contribution in [0.15, 0.2) is 0 Å². The molecule has 46 valence electrons. The van der Waals surface area contributed by atoms with E-state index in [9.17, 15) is 4.79 Å². The minimum absolute atomic E-state index is 1.19. The second-order valence-electron chi connectivity index (χ2n) is 1.01. The summed E-state index contributed by atoms with van der Waals surface area (Å²) < 4.78 is 0. The van der Waals surface area contributed by atoms with Crippen molar-refractivity contribution in [1.29, 1.82) is 5.26 Å². The molecule has 0 aliphatic rings. The Balaban J connectivity index is 0. The Morgan fingerprint density at radius 2 is 1.88 bits per heavy atom. The van der Waals surface area contributed by atoms with Crippen LogP contribution in [0.3, 0.4) is 0 Å². The lowest BCUT2D eigenvalue weighted by atomic mass is 10.4. The number of hydrogen-bond acceptors (Lipinski definition) is 3. The summed E-state index contributed by atoms with van der Waals surface area (Å²) >= 11 is 0. The fourth-order valence-electron chi connectivity index (χ4n) is 0. The molecule has 1 unspecified atom stereocenters. The Hall–Kier alpha value is -1.08. The van der Waals surface area contributed by atoms with Gasteiger partial charge in [0.05, 0.1) is 0 Å². The molecular weight excluding hydrogens is 110 g/mol. The number of carbonyl (C=O) groups is 1. The number of carboxylic acid groups (broad SMARTS) is 1. The molecule has 0 aliphatic carbocycles. The molecule has 0 radical (unpaired) electrons. The lowest BCUT2D eigenvalue weighted by Gasteiger charge is -1.89. The van der Waals surface area contributed by atoms with Gasteiger partial charge >= 0.3 is 5.97 Å². The highest BCUT2D eigenvalue weighted by Crippen LogP contribution is 1.73. The van der Waals surface area contributed by atoms with Gasteiger partial charge in [0, 0.05) is 6.57 Å². The van der Waals surface area contributed by atoms with Crippen molar-refractivity contribution in [2.45, 2.75) is 13.0 Å². The largest absolute Gasteiger partial charge is 0.479 e. The number of carboxylic acids is 1. The molecular formula is C4H7NO3. The first-order chi connectivity index (χ1) is 3.64. The van der Waals surface area contributed by atoms with E-state index in [1.54, 1.807) is 0 Å². The Labute approximate surface area is 47.0 Å². The molecule has 1 atom stereocenters. The molecule has 0 rings (SSSR count). The van der Waals surface area contributed by atoms with Crippen LogP contribution < -0.4 is 0 Å². The number of aliphatic carboxylic acids is 1. The third kappa shape index (κ3) is 8.87. The van der Waals surface area contributed by atoms with Crippen molar-refractivity contribution in [3.63, 3.8) is 0 Å². The fourth-order valence-corrected chi connectivity index (χ4v) is 0. The van der Waals surface area contributed by atoms with E-state index in [1.165, 1.54) is 6.92 Å². The van der Waals surface area contributed by atoms with Crippen molar-refractivity contribution < 1.29 is 15.0 Å². The third-order valence-corrected chi connectivity index (χ3v) is 0.357. The normalized spacial score (nSPS) is 10.5. The summed E-state index contributed by atoms with van der Waals surface area (Å²) in [5.74, 6) is -1.19. The summed E-state index contributed by atoms with van der Waals surface area (Å²) in [6, 6.07) is 0. The van der Waals surface area contributed by atoms with Crippen molar-refractivity contribution in [3.05, 3.63) is 0 Å². The van der Waals surface area contributed by atoms with Gasteiger partial charge in [0.15, 0.2) is 0 Å². The summed E-state index contributed by atoms with van der Waals surface area (Å²) in [5.41, 5.74) is 0. The van der Waals surface area contributed by atoms with Crippen molar-refractivity contribution in [3.8, 4) is 6.57 Å². The number of aliphatic hydroxyl groups is 1. The number of rotatable bonds is 1. The van der Waals surface area contributed by atoms with Gasteiger partial charge in [-0.15, -0.1) is 0 Å². The van der Waals surface area contributed by atoms with Crippen LogP contribution in [-0.2, 0) is 4.79 Å². The molecule has 4 heteroatoms. The van der Waals surface area contributed by atoms with Crippen LogP contribution in [0.1, 0.15) is 6.92 Å². The smallest absolute Gasteiger partial charge is 0.332 e. The predicted molar refractivity (Wildman–Crippen MR) is 26.0 cm³/mol. The Morgan fingerprint density at radius 1 is 1.75 bits per heavy atom. The molecule has 0 saturated carbocycles. The molecule has 0 heterocycles. The maximum atomic E-state index is 9.45. The minimum Gasteiger partial charge on any atom is -0.479 e. The predicted octanol–water partition coefficient (Wildman–Crippen LogP) is -0.408. The first-order valence-electron chi connectivity index (χ1n) is 1.81.